The van der Waals surface area contributed by atoms with Gasteiger partial charge in [-0.15, -0.1) is 0 Å². The number of hydrogen-bond donors (Lipinski definition) is 2. The zero-order chi connectivity index (χ0) is 23.6. The predicted molar refractivity (Wildman–Crippen MR) is 137 cm³/mol. The van der Waals surface area contributed by atoms with Crippen molar-refractivity contribution in [2.75, 3.05) is 25.1 Å². The van der Waals surface area contributed by atoms with Crippen molar-refractivity contribution in [1.82, 2.24) is 5.32 Å². The van der Waals surface area contributed by atoms with Crippen molar-refractivity contribution in [1.29, 1.82) is 0 Å². The molecule has 3 aromatic carbocycles. The van der Waals surface area contributed by atoms with Crippen LogP contribution < -0.4 is 20.1 Å². The highest BCUT2D eigenvalue weighted by molar-refractivity contribution is 9.10. The Hall–Kier alpha value is -2.54. The molecule has 0 radical (unpaired) electrons. The molecule has 0 saturated heterocycles. The van der Waals surface area contributed by atoms with Gasteiger partial charge in [-0.25, -0.2) is 0 Å². The molecule has 1 amide bonds. The van der Waals surface area contributed by atoms with E-state index in [0.717, 1.165) is 39.3 Å². The summed E-state index contributed by atoms with van der Waals surface area (Å²) in [6.45, 7) is 5.80. The number of halogens is 2. The van der Waals surface area contributed by atoms with Crippen LogP contribution in [0.4, 0.5) is 5.69 Å². The minimum Gasteiger partial charge on any atom is -0.490 e. The van der Waals surface area contributed by atoms with Gasteiger partial charge < -0.3 is 20.1 Å². The molecule has 0 aromatic heterocycles. The maximum Gasteiger partial charge on any atom is 0.262 e. The third-order valence-corrected chi connectivity index (χ3v) is 5.73. The Morgan fingerprint density at radius 3 is 2.42 bits per heavy atom. The number of rotatable bonds is 11. The van der Waals surface area contributed by atoms with Gasteiger partial charge in [0.2, 0.25) is 0 Å². The van der Waals surface area contributed by atoms with Crippen LogP contribution in [0.1, 0.15) is 23.6 Å². The number of aryl methyl sites for hydroxylation is 1. The van der Waals surface area contributed by atoms with Crippen molar-refractivity contribution in [3.8, 4) is 11.5 Å². The molecule has 5 nitrogen and oxygen atoms in total. The zero-order valence-electron chi connectivity index (χ0n) is 18.8. The second-order valence-electron chi connectivity index (χ2n) is 7.59. The fraction of sp³-hybridized carbons (Fsp3) is 0.269. The first-order valence-corrected chi connectivity index (χ1v) is 12.0. The van der Waals surface area contributed by atoms with E-state index in [2.05, 4.69) is 26.6 Å². The van der Waals surface area contributed by atoms with Gasteiger partial charge in [-0.3, -0.25) is 4.79 Å². The third kappa shape index (κ3) is 8.07. The molecule has 0 aliphatic heterocycles. The average molecular weight is 532 g/mol. The molecule has 33 heavy (non-hydrogen) atoms. The number of nitrogens with one attached hydrogen (secondary N) is 2. The Kier molecular flexibility index (Phi) is 9.61. The van der Waals surface area contributed by atoms with Crippen LogP contribution in [0.3, 0.4) is 0 Å². The van der Waals surface area contributed by atoms with Crippen LogP contribution in [-0.2, 0) is 17.8 Å². The first-order chi connectivity index (χ1) is 15.9. The molecular weight excluding hydrogens is 504 g/mol. The van der Waals surface area contributed by atoms with Gasteiger partial charge in [-0.2, -0.15) is 0 Å². The molecule has 0 aliphatic rings. The van der Waals surface area contributed by atoms with E-state index < -0.39 is 0 Å². The van der Waals surface area contributed by atoms with Gasteiger partial charge >= 0.3 is 0 Å². The summed E-state index contributed by atoms with van der Waals surface area (Å²) >= 11 is 9.51. The smallest absolute Gasteiger partial charge is 0.262 e. The lowest BCUT2D eigenvalue weighted by molar-refractivity contribution is -0.118. The maximum atomic E-state index is 12.3. The first kappa shape index (κ1) is 25.1. The normalized spacial score (nSPS) is 10.7. The van der Waals surface area contributed by atoms with Gasteiger partial charge in [-0.1, -0.05) is 41.4 Å². The molecule has 174 valence electrons. The van der Waals surface area contributed by atoms with E-state index in [1.54, 1.807) is 0 Å². The number of carbonyl (C=O) groups excluding carboxylic acids is 1. The molecule has 3 aromatic rings. The van der Waals surface area contributed by atoms with Gasteiger partial charge in [-0.05, 0) is 90.3 Å². The average Bonchev–Trinajstić information content (AvgIpc) is 2.79. The topological polar surface area (TPSA) is 59.6 Å². The summed E-state index contributed by atoms with van der Waals surface area (Å²) in [4.78, 5) is 12.3. The van der Waals surface area contributed by atoms with Crippen LogP contribution in [0.15, 0.2) is 65.1 Å². The van der Waals surface area contributed by atoms with E-state index in [-0.39, 0.29) is 12.5 Å². The quantitative estimate of drug-likeness (QED) is 0.291. The van der Waals surface area contributed by atoms with E-state index in [4.69, 9.17) is 21.1 Å². The van der Waals surface area contributed by atoms with Gasteiger partial charge in [0.15, 0.2) is 18.1 Å². The van der Waals surface area contributed by atoms with E-state index in [1.807, 2.05) is 74.5 Å². The molecule has 0 unspecified atom stereocenters. The van der Waals surface area contributed by atoms with E-state index in [0.29, 0.717) is 24.7 Å². The van der Waals surface area contributed by atoms with E-state index in [9.17, 15) is 4.79 Å². The molecule has 3 rings (SSSR count). The Labute approximate surface area is 208 Å². The van der Waals surface area contributed by atoms with Crippen molar-refractivity contribution in [3.63, 3.8) is 0 Å². The summed E-state index contributed by atoms with van der Waals surface area (Å²) in [5.41, 5.74) is 4.15. The Morgan fingerprint density at radius 2 is 1.73 bits per heavy atom. The fourth-order valence-electron chi connectivity index (χ4n) is 3.21. The van der Waals surface area contributed by atoms with Gasteiger partial charge in [0.25, 0.3) is 5.91 Å². The lowest BCUT2D eigenvalue weighted by atomic mass is 10.1. The first-order valence-electron chi connectivity index (χ1n) is 10.8. The maximum absolute atomic E-state index is 12.3. The minimum atomic E-state index is -0.235. The van der Waals surface area contributed by atoms with Crippen LogP contribution in [0.25, 0.3) is 0 Å². The second kappa shape index (κ2) is 12.6. The molecule has 0 spiro atoms. The van der Waals surface area contributed by atoms with Crippen molar-refractivity contribution in [2.24, 2.45) is 0 Å². The second-order valence-corrected chi connectivity index (χ2v) is 8.88. The van der Waals surface area contributed by atoms with Crippen LogP contribution >= 0.6 is 27.5 Å². The number of carbonyl (C=O) groups is 1. The van der Waals surface area contributed by atoms with Gasteiger partial charge in [0, 0.05) is 17.3 Å². The molecule has 0 aliphatic carbocycles. The fourth-order valence-corrected chi connectivity index (χ4v) is 3.94. The summed E-state index contributed by atoms with van der Waals surface area (Å²) in [5.74, 6) is 0.881. The highest BCUT2D eigenvalue weighted by atomic mass is 79.9. The summed E-state index contributed by atoms with van der Waals surface area (Å²) in [7, 11) is 0. The molecule has 0 heterocycles. The highest BCUT2D eigenvalue weighted by Crippen LogP contribution is 2.37. The summed E-state index contributed by atoms with van der Waals surface area (Å²) < 4.78 is 12.3. The molecule has 0 atom stereocenters. The monoisotopic (exact) mass is 530 g/mol. The largest absolute Gasteiger partial charge is 0.490 e. The molecule has 2 N–H and O–H groups in total. The Bertz CT molecular complexity index is 1060. The predicted octanol–water partition coefficient (Wildman–Crippen LogP) is 6.16. The lowest BCUT2D eigenvalue weighted by Crippen LogP contribution is -2.20. The van der Waals surface area contributed by atoms with E-state index in [1.165, 1.54) is 5.56 Å². The lowest BCUT2D eigenvalue weighted by Gasteiger charge is -2.16. The molecule has 0 fully saturated rings. The Morgan fingerprint density at radius 1 is 1.00 bits per heavy atom. The summed E-state index contributed by atoms with van der Waals surface area (Å²) in [6.07, 6.45) is 0.911. The zero-order valence-corrected chi connectivity index (χ0v) is 21.1. The van der Waals surface area contributed by atoms with Crippen molar-refractivity contribution >= 4 is 39.1 Å². The number of anilines is 1. The van der Waals surface area contributed by atoms with Crippen LogP contribution in [-0.4, -0.2) is 25.7 Å². The number of amides is 1. The highest BCUT2D eigenvalue weighted by Gasteiger charge is 2.14. The summed E-state index contributed by atoms with van der Waals surface area (Å²) in [6, 6.07) is 19.4. The van der Waals surface area contributed by atoms with E-state index >= 15 is 0 Å². The van der Waals surface area contributed by atoms with Gasteiger partial charge in [0.05, 0.1) is 11.1 Å². The molecule has 7 heteroatoms. The molecule has 0 saturated carbocycles. The van der Waals surface area contributed by atoms with Crippen molar-refractivity contribution in [3.05, 3.63) is 86.8 Å². The van der Waals surface area contributed by atoms with Crippen LogP contribution in [0, 0.1) is 6.92 Å². The third-order valence-electron chi connectivity index (χ3n) is 4.88. The van der Waals surface area contributed by atoms with Crippen molar-refractivity contribution < 1.29 is 14.3 Å². The minimum absolute atomic E-state index is 0.120. The van der Waals surface area contributed by atoms with Crippen molar-refractivity contribution in [2.45, 2.75) is 26.8 Å². The molecular formula is C26H28BrClN2O3. The number of benzene rings is 3. The number of ether oxygens (including phenoxy) is 2. The van der Waals surface area contributed by atoms with Crippen LogP contribution in [0.2, 0.25) is 5.02 Å². The SMILES string of the molecule is CCOc1cc(CNCCc2ccc(Cl)cc2)cc(Br)c1OCC(=O)Nc1ccc(C)cc1. The van der Waals surface area contributed by atoms with Crippen LogP contribution in [0.5, 0.6) is 11.5 Å². The number of hydrogen-bond acceptors (Lipinski definition) is 4. The molecule has 0 bridgehead atoms. The standard InChI is InChI=1S/C26H28BrClN2O3/c1-3-32-24-15-20(16-29-13-12-19-6-8-21(28)9-7-19)14-23(27)26(24)33-17-25(31)30-22-10-4-18(2)5-11-22/h4-11,14-15,29H,3,12-13,16-17H2,1-2H3,(H,30,31). The Balaban J connectivity index is 1.56. The summed E-state index contributed by atoms with van der Waals surface area (Å²) in [5, 5.41) is 7.03. The van der Waals surface area contributed by atoms with Gasteiger partial charge in [0.1, 0.15) is 0 Å².